The van der Waals surface area contributed by atoms with Crippen molar-refractivity contribution in [1.82, 2.24) is 0 Å². The summed E-state index contributed by atoms with van der Waals surface area (Å²) in [7, 11) is -1.83. The van der Waals surface area contributed by atoms with E-state index in [1.54, 1.807) is 6.07 Å². The van der Waals surface area contributed by atoms with Crippen molar-refractivity contribution >= 4 is 19.9 Å². The molecule has 2 N–H and O–H groups in total. The third kappa shape index (κ3) is 4.56. The summed E-state index contributed by atoms with van der Waals surface area (Å²) in [6.07, 6.45) is 0. The molecule has 0 aromatic heterocycles. The van der Waals surface area contributed by atoms with Gasteiger partial charge in [0, 0.05) is 5.02 Å². The van der Waals surface area contributed by atoms with Crippen LogP contribution in [0, 0.1) is 5.82 Å². The Bertz CT molecular complexity index is 425. The average Bonchev–Trinajstić information content (AvgIpc) is 2.23. The SMILES string of the molecule is CC(C)(C)[Si](C)(C)OC[C@@H](N)c1cc(F)cc(Cl)c1. The van der Waals surface area contributed by atoms with E-state index < -0.39 is 8.32 Å². The summed E-state index contributed by atoms with van der Waals surface area (Å²) < 4.78 is 19.3. The van der Waals surface area contributed by atoms with Crippen LogP contribution in [-0.4, -0.2) is 14.9 Å². The molecule has 0 saturated heterocycles. The lowest BCUT2D eigenvalue weighted by atomic mass is 10.1. The zero-order chi connectivity index (χ0) is 14.8. The number of rotatable bonds is 4. The molecule has 5 heteroatoms. The minimum absolute atomic E-state index is 0.131. The number of nitrogens with two attached hydrogens (primary N) is 1. The summed E-state index contributed by atoms with van der Waals surface area (Å²) in [6, 6.07) is 4.00. The van der Waals surface area contributed by atoms with Gasteiger partial charge in [-0.05, 0) is 41.9 Å². The van der Waals surface area contributed by atoms with Gasteiger partial charge in [-0.3, -0.25) is 0 Å². The van der Waals surface area contributed by atoms with Crippen molar-refractivity contribution < 1.29 is 8.82 Å². The van der Waals surface area contributed by atoms with Gasteiger partial charge >= 0.3 is 0 Å². The predicted molar refractivity (Wildman–Crippen MR) is 81.5 cm³/mol. The molecule has 0 spiro atoms. The first kappa shape index (κ1) is 16.6. The normalized spacial score (nSPS) is 14.5. The highest BCUT2D eigenvalue weighted by molar-refractivity contribution is 6.74. The summed E-state index contributed by atoms with van der Waals surface area (Å²) in [6.45, 7) is 11.2. The van der Waals surface area contributed by atoms with Gasteiger partial charge < -0.3 is 10.2 Å². The first-order valence-electron chi connectivity index (χ1n) is 6.38. The maximum Gasteiger partial charge on any atom is 0.192 e. The second kappa shape index (κ2) is 5.91. The fourth-order valence-electron chi connectivity index (χ4n) is 1.40. The highest BCUT2D eigenvalue weighted by Crippen LogP contribution is 2.37. The molecular weight excluding hydrogens is 281 g/mol. The Balaban J connectivity index is 2.73. The van der Waals surface area contributed by atoms with E-state index in [1.165, 1.54) is 12.1 Å². The Morgan fingerprint density at radius 2 is 1.89 bits per heavy atom. The highest BCUT2D eigenvalue weighted by Gasteiger charge is 2.37. The first-order valence-corrected chi connectivity index (χ1v) is 9.67. The summed E-state index contributed by atoms with van der Waals surface area (Å²) in [5, 5.41) is 0.490. The van der Waals surface area contributed by atoms with E-state index in [2.05, 4.69) is 33.9 Å². The lowest BCUT2D eigenvalue weighted by Gasteiger charge is -2.37. The third-order valence-electron chi connectivity index (χ3n) is 3.74. The van der Waals surface area contributed by atoms with Gasteiger partial charge in [0.05, 0.1) is 12.6 Å². The van der Waals surface area contributed by atoms with Crippen molar-refractivity contribution in [2.24, 2.45) is 5.73 Å². The lowest BCUT2D eigenvalue weighted by Crippen LogP contribution is -2.42. The molecule has 0 heterocycles. The van der Waals surface area contributed by atoms with Gasteiger partial charge in [-0.1, -0.05) is 32.4 Å². The maximum atomic E-state index is 13.3. The summed E-state index contributed by atoms with van der Waals surface area (Å²) in [5.41, 5.74) is 6.73. The third-order valence-corrected chi connectivity index (χ3v) is 8.46. The van der Waals surface area contributed by atoms with Gasteiger partial charge in [-0.25, -0.2) is 4.39 Å². The molecule has 0 saturated carbocycles. The standard InChI is InChI=1S/C14H23ClFNOSi/c1-14(2,3)19(4,5)18-9-13(17)10-6-11(15)8-12(16)7-10/h6-8,13H,9,17H2,1-5H3/t13-/m1/s1. The topological polar surface area (TPSA) is 35.2 Å². The molecular formula is C14H23ClFNOSi. The van der Waals surface area contributed by atoms with E-state index in [-0.39, 0.29) is 16.9 Å². The van der Waals surface area contributed by atoms with Crippen LogP contribution in [0.4, 0.5) is 4.39 Å². The number of benzene rings is 1. The molecule has 108 valence electrons. The van der Waals surface area contributed by atoms with E-state index >= 15 is 0 Å². The van der Waals surface area contributed by atoms with Gasteiger partial charge in [0.25, 0.3) is 0 Å². The molecule has 0 fully saturated rings. The Labute approximate surface area is 121 Å². The van der Waals surface area contributed by atoms with Crippen molar-refractivity contribution in [2.75, 3.05) is 6.61 Å². The van der Waals surface area contributed by atoms with Crippen molar-refractivity contribution in [2.45, 2.75) is 44.9 Å². The van der Waals surface area contributed by atoms with Crippen LogP contribution in [0.2, 0.25) is 23.2 Å². The maximum absolute atomic E-state index is 13.3. The van der Waals surface area contributed by atoms with Crippen LogP contribution in [0.3, 0.4) is 0 Å². The van der Waals surface area contributed by atoms with Crippen molar-refractivity contribution in [1.29, 1.82) is 0 Å². The van der Waals surface area contributed by atoms with Crippen LogP contribution in [0.1, 0.15) is 32.4 Å². The molecule has 0 aliphatic carbocycles. The Morgan fingerprint density at radius 1 is 1.32 bits per heavy atom. The van der Waals surface area contributed by atoms with E-state index in [1.807, 2.05) is 0 Å². The molecule has 1 atom stereocenters. The van der Waals surface area contributed by atoms with Gasteiger partial charge in [-0.2, -0.15) is 0 Å². The molecule has 0 aliphatic rings. The number of hydrogen-bond acceptors (Lipinski definition) is 2. The van der Waals surface area contributed by atoms with Crippen LogP contribution in [0.15, 0.2) is 18.2 Å². The van der Waals surface area contributed by atoms with E-state index in [0.29, 0.717) is 17.2 Å². The minimum Gasteiger partial charge on any atom is -0.415 e. The van der Waals surface area contributed by atoms with Gasteiger partial charge in [0.15, 0.2) is 8.32 Å². The van der Waals surface area contributed by atoms with E-state index in [0.717, 1.165) is 0 Å². The highest BCUT2D eigenvalue weighted by atomic mass is 35.5. The Morgan fingerprint density at radius 3 is 2.37 bits per heavy atom. The second-order valence-corrected chi connectivity index (χ2v) is 11.6. The quantitative estimate of drug-likeness (QED) is 0.831. The fraction of sp³-hybridized carbons (Fsp3) is 0.571. The number of hydrogen-bond donors (Lipinski definition) is 1. The van der Waals surface area contributed by atoms with E-state index in [9.17, 15) is 4.39 Å². The van der Waals surface area contributed by atoms with Gasteiger partial charge in [-0.15, -0.1) is 0 Å². The largest absolute Gasteiger partial charge is 0.415 e. The molecule has 19 heavy (non-hydrogen) atoms. The van der Waals surface area contributed by atoms with Crippen LogP contribution >= 0.6 is 11.6 Å². The van der Waals surface area contributed by atoms with Crippen LogP contribution in [0.5, 0.6) is 0 Å². The van der Waals surface area contributed by atoms with Crippen molar-refractivity contribution in [3.8, 4) is 0 Å². The Hall–Kier alpha value is -0.423. The zero-order valence-corrected chi connectivity index (χ0v) is 14.0. The average molecular weight is 304 g/mol. The molecule has 0 radical (unpaired) electrons. The molecule has 2 nitrogen and oxygen atoms in total. The Kier molecular flexibility index (Phi) is 5.18. The number of halogens is 2. The second-order valence-electron chi connectivity index (χ2n) is 6.38. The summed E-state index contributed by atoms with van der Waals surface area (Å²) in [5.74, 6) is -0.370. The summed E-state index contributed by atoms with van der Waals surface area (Å²) in [4.78, 5) is 0. The van der Waals surface area contributed by atoms with E-state index in [4.69, 9.17) is 21.8 Å². The van der Waals surface area contributed by atoms with Crippen molar-refractivity contribution in [3.63, 3.8) is 0 Å². The molecule has 0 amide bonds. The molecule has 0 bridgehead atoms. The molecule has 1 rings (SSSR count). The molecule has 1 aromatic carbocycles. The molecule has 0 unspecified atom stereocenters. The van der Waals surface area contributed by atoms with Crippen LogP contribution in [0.25, 0.3) is 0 Å². The van der Waals surface area contributed by atoms with Crippen LogP contribution < -0.4 is 5.73 Å². The van der Waals surface area contributed by atoms with Gasteiger partial charge in [0.2, 0.25) is 0 Å². The minimum atomic E-state index is -1.83. The monoisotopic (exact) mass is 303 g/mol. The lowest BCUT2D eigenvalue weighted by molar-refractivity contribution is 0.264. The summed E-state index contributed by atoms with van der Waals surface area (Å²) >= 11 is 5.83. The molecule has 0 aliphatic heterocycles. The van der Waals surface area contributed by atoms with Crippen molar-refractivity contribution in [3.05, 3.63) is 34.6 Å². The predicted octanol–water partition coefficient (Wildman–Crippen LogP) is 4.50. The smallest absolute Gasteiger partial charge is 0.192 e. The zero-order valence-electron chi connectivity index (χ0n) is 12.3. The fourth-order valence-corrected chi connectivity index (χ4v) is 2.66. The first-order chi connectivity index (χ1) is 8.53. The van der Waals surface area contributed by atoms with Gasteiger partial charge in [0.1, 0.15) is 5.82 Å². The molecule has 1 aromatic rings. The van der Waals surface area contributed by atoms with Crippen LogP contribution in [-0.2, 0) is 4.43 Å².